The van der Waals surface area contributed by atoms with Crippen LogP contribution in [-0.2, 0) is 4.74 Å². The van der Waals surface area contributed by atoms with Crippen LogP contribution in [0.25, 0.3) is 0 Å². The van der Waals surface area contributed by atoms with Crippen LogP contribution in [0, 0.1) is 11.3 Å². The number of hydrogen-bond donors (Lipinski definition) is 1. The van der Waals surface area contributed by atoms with Gasteiger partial charge in [-0.3, -0.25) is 0 Å². The monoisotopic (exact) mass is 289 g/mol. The second-order valence-electron chi connectivity index (χ2n) is 5.92. The van der Waals surface area contributed by atoms with Crippen molar-refractivity contribution >= 4 is 11.9 Å². The van der Waals surface area contributed by atoms with E-state index in [0.29, 0.717) is 24.6 Å². The first-order valence-electron chi connectivity index (χ1n) is 6.84. The Morgan fingerprint density at radius 2 is 2.19 bits per heavy atom. The number of hydrogen-bond acceptors (Lipinski definition) is 6. The van der Waals surface area contributed by atoms with Crippen molar-refractivity contribution in [2.75, 3.05) is 18.0 Å². The molecule has 1 fully saturated rings. The van der Waals surface area contributed by atoms with E-state index in [1.165, 1.54) is 6.20 Å². The maximum absolute atomic E-state index is 11.7. The first-order chi connectivity index (χ1) is 9.89. The zero-order chi connectivity index (χ0) is 15.5. The highest BCUT2D eigenvalue weighted by molar-refractivity contribution is 5.68. The number of alkyl carbamates (subject to hydrolysis) is 1. The Morgan fingerprint density at radius 3 is 2.86 bits per heavy atom. The van der Waals surface area contributed by atoms with Crippen molar-refractivity contribution in [3.05, 3.63) is 18.1 Å². The molecule has 1 aliphatic heterocycles. The number of rotatable bonds is 2. The molecule has 1 amide bonds. The maximum Gasteiger partial charge on any atom is 0.407 e. The third kappa shape index (κ3) is 4.05. The third-order valence-electron chi connectivity index (χ3n) is 2.99. The van der Waals surface area contributed by atoms with E-state index in [-0.39, 0.29) is 6.04 Å². The standard InChI is InChI=1S/C14H19N5O2/c1-14(2,3)21-13(20)18-10-4-7-19(9-10)12-11(8-15)16-5-6-17-12/h5-6,10H,4,7,9H2,1-3H3,(H,18,20). The Bertz CT molecular complexity index is 561. The summed E-state index contributed by atoms with van der Waals surface area (Å²) in [7, 11) is 0. The van der Waals surface area contributed by atoms with Gasteiger partial charge in [-0.15, -0.1) is 0 Å². The van der Waals surface area contributed by atoms with Gasteiger partial charge in [0.1, 0.15) is 11.7 Å². The van der Waals surface area contributed by atoms with Crippen LogP contribution in [0.2, 0.25) is 0 Å². The van der Waals surface area contributed by atoms with Gasteiger partial charge in [-0.1, -0.05) is 0 Å². The molecule has 112 valence electrons. The molecule has 1 aliphatic rings. The zero-order valence-corrected chi connectivity index (χ0v) is 12.5. The average Bonchev–Trinajstić information content (AvgIpc) is 2.84. The second kappa shape index (κ2) is 5.95. The van der Waals surface area contributed by atoms with E-state index in [9.17, 15) is 4.79 Å². The van der Waals surface area contributed by atoms with Gasteiger partial charge < -0.3 is 15.0 Å². The van der Waals surface area contributed by atoms with Crippen LogP contribution in [-0.4, -0.2) is 40.8 Å². The van der Waals surface area contributed by atoms with E-state index in [4.69, 9.17) is 10.00 Å². The molecule has 1 N–H and O–H groups in total. The summed E-state index contributed by atoms with van der Waals surface area (Å²) in [5.41, 5.74) is -0.211. The molecule has 1 aromatic heterocycles. The molecule has 2 heterocycles. The van der Waals surface area contributed by atoms with E-state index in [0.717, 1.165) is 6.42 Å². The van der Waals surface area contributed by atoms with Gasteiger partial charge in [0.15, 0.2) is 11.5 Å². The number of carbonyl (C=O) groups excluding carboxylic acids is 1. The van der Waals surface area contributed by atoms with Crippen LogP contribution in [0.3, 0.4) is 0 Å². The SMILES string of the molecule is CC(C)(C)OC(=O)NC1CCN(c2nccnc2C#N)C1. The number of amides is 1. The van der Waals surface area contributed by atoms with Crippen LogP contribution >= 0.6 is 0 Å². The number of ether oxygens (including phenoxy) is 1. The van der Waals surface area contributed by atoms with Crippen molar-refractivity contribution in [2.45, 2.75) is 38.8 Å². The highest BCUT2D eigenvalue weighted by Crippen LogP contribution is 2.20. The molecule has 2 rings (SSSR count). The summed E-state index contributed by atoms with van der Waals surface area (Å²) in [6, 6.07) is 2.01. The second-order valence-corrected chi connectivity index (χ2v) is 5.92. The van der Waals surface area contributed by atoms with Gasteiger partial charge in [0.05, 0.1) is 6.04 Å². The lowest BCUT2D eigenvalue weighted by Crippen LogP contribution is -2.40. The minimum absolute atomic E-state index is 0.0200. The highest BCUT2D eigenvalue weighted by atomic mass is 16.6. The maximum atomic E-state index is 11.7. The van der Waals surface area contributed by atoms with Crippen molar-refractivity contribution in [1.82, 2.24) is 15.3 Å². The van der Waals surface area contributed by atoms with Crippen molar-refractivity contribution in [1.29, 1.82) is 5.26 Å². The third-order valence-corrected chi connectivity index (χ3v) is 2.99. The van der Waals surface area contributed by atoms with E-state index < -0.39 is 11.7 Å². The Hall–Kier alpha value is -2.36. The van der Waals surface area contributed by atoms with Crippen LogP contribution in [0.5, 0.6) is 0 Å². The predicted molar refractivity (Wildman–Crippen MR) is 76.7 cm³/mol. The van der Waals surface area contributed by atoms with Gasteiger partial charge in [-0.25, -0.2) is 14.8 Å². The molecule has 0 aliphatic carbocycles. The fourth-order valence-corrected chi connectivity index (χ4v) is 2.19. The molecule has 0 spiro atoms. The van der Waals surface area contributed by atoms with Gasteiger partial charge in [0, 0.05) is 25.5 Å². The molecular formula is C14H19N5O2. The number of carbonyl (C=O) groups is 1. The van der Waals surface area contributed by atoms with E-state index >= 15 is 0 Å². The van der Waals surface area contributed by atoms with Gasteiger partial charge >= 0.3 is 6.09 Å². The molecule has 1 unspecified atom stereocenters. The molecule has 1 aromatic rings. The molecular weight excluding hydrogens is 270 g/mol. The van der Waals surface area contributed by atoms with Crippen LogP contribution in [0.4, 0.5) is 10.6 Å². The summed E-state index contributed by atoms with van der Waals surface area (Å²) >= 11 is 0. The Morgan fingerprint density at radius 1 is 1.48 bits per heavy atom. The fraction of sp³-hybridized carbons (Fsp3) is 0.571. The normalized spacial score (nSPS) is 18.2. The number of nitrogens with zero attached hydrogens (tertiary/aromatic N) is 4. The summed E-state index contributed by atoms with van der Waals surface area (Å²) in [4.78, 5) is 21.9. The van der Waals surface area contributed by atoms with Crippen molar-refractivity contribution in [3.8, 4) is 6.07 Å². The van der Waals surface area contributed by atoms with Crippen LogP contribution < -0.4 is 10.2 Å². The lowest BCUT2D eigenvalue weighted by atomic mass is 10.2. The Kier molecular flexibility index (Phi) is 4.26. The van der Waals surface area contributed by atoms with Crippen molar-refractivity contribution < 1.29 is 9.53 Å². The molecule has 0 aromatic carbocycles. The minimum atomic E-state index is -0.513. The number of aromatic nitrogens is 2. The number of nitriles is 1. The van der Waals surface area contributed by atoms with Crippen LogP contribution in [0.15, 0.2) is 12.4 Å². The summed E-state index contributed by atoms with van der Waals surface area (Å²) in [6.45, 7) is 6.78. The quantitative estimate of drug-likeness (QED) is 0.886. The molecule has 1 atom stereocenters. The van der Waals surface area contributed by atoms with E-state index in [1.54, 1.807) is 6.20 Å². The first kappa shape index (κ1) is 15.0. The molecule has 0 bridgehead atoms. The summed E-state index contributed by atoms with van der Waals surface area (Å²) in [6.07, 6.45) is 3.41. The lowest BCUT2D eigenvalue weighted by Gasteiger charge is -2.22. The van der Waals surface area contributed by atoms with Crippen molar-refractivity contribution in [3.63, 3.8) is 0 Å². The smallest absolute Gasteiger partial charge is 0.407 e. The lowest BCUT2D eigenvalue weighted by molar-refractivity contribution is 0.0509. The summed E-state index contributed by atoms with van der Waals surface area (Å²) < 4.78 is 5.24. The summed E-state index contributed by atoms with van der Waals surface area (Å²) in [5, 5.41) is 11.9. The van der Waals surface area contributed by atoms with Crippen molar-refractivity contribution in [2.24, 2.45) is 0 Å². The molecule has 1 saturated heterocycles. The average molecular weight is 289 g/mol. The fourth-order valence-electron chi connectivity index (χ4n) is 2.19. The first-order valence-corrected chi connectivity index (χ1v) is 6.84. The largest absolute Gasteiger partial charge is 0.444 e. The Balaban J connectivity index is 1.95. The Labute approximate surface area is 123 Å². The topological polar surface area (TPSA) is 91.1 Å². The zero-order valence-electron chi connectivity index (χ0n) is 12.5. The summed E-state index contributed by atoms with van der Waals surface area (Å²) in [5.74, 6) is 0.563. The highest BCUT2D eigenvalue weighted by Gasteiger charge is 2.28. The predicted octanol–water partition coefficient (Wildman–Crippen LogP) is 1.45. The molecule has 21 heavy (non-hydrogen) atoms. The minimum Gasteiger partial charge on any atom is -0.444 e. The molecule has 7 heteroatoms. The number of nitrogens with one attached hydrogen (secondary N) is 1. The van der Waals surface area contributed by atoms with Gasteiger partial charge in [-0.05, 0) is 27.2 Å². The van der Waals surface area contributed by atoms with Crippen LogP contribution in [0.1, 0.15) is 32.9 Å². The van der Waals surface area contributed by atoms with Gasteiger partial charge in [-0.2, -0.15) is 5.26 Å². The molecule has 0 radical (unpaired) electrons. The molecule has 7 nitrogen and oxygen atoms in total. The number of anilines is 1. The molecule has 0 saturated carbocycles. The van der Waals surface area contributed by atoms with Gasteiger partial charge in [0.25, 0.3) is 0 Å². The van der Waals surface area contributed by atoms with Gasteiger partial charge in [0.2, 0.25) is 0 Å². The van der Waals surface area contributed by atoms with E-state index in [2.05, 4.69) is 15.3 Å². The van der Waals surface area contributed by atoms with E-state index in [1.807, 2.05) is 31.7 Å².